The minimum atomic E-state index is 0.273. The first-order chi connectivity index (χ1) is 5.38. The summed E-state index contributed by atoms with van der Waals surface area (Å²) >= 11 is 0. The van der Waals surface area contributed by atoms with E-state index < -0.39 is 0 Å². The van der Waals surface area contributed by atoms with Crippen molar-refractivity contribution in [2.75, 3.05) is 13.7 Å². The van der Waals surface area contributed by atoms with Crippen molar-refractivity contribution >= 4 is 0 Å². The van der Waals surface area contributed by atoms with E-state index in [1.807, 2.05) is 12.2 Å². The maximum Gasteiger partial charge on any atom is 0.0951 e. The van der Waals surface area contributed by atoms with Crippen molar-refractivity contribution in [3.63, 3.8) is 0 Å². The second-order valence-electron chi connectivity index (χ2n) is 2.55. The van der Waals surface area contributed by atoms with Gasteiger partial charge in [0.1, 0.15) is 0 Å². The Bertz CT molecular complexity index is 222. The fraction of sp³-hybridized carbons (Fsp3) is 0.444. The molecule has 0 aliphatic heterocycles. The Morgan fingerprint density at radius 1 is 1.82 bits per heavy atom. The molecule has 0 aromatic rings. The third kappa shape index (κ3) is 1.92. The zero-order valence-corrected chi connectivity index (χ0v) is 6.58. The summed E-state index contributed by atoms with van der Waals surface area (Å²) in [6.45, 7) is 0.643. The molecule has 0 radical (unpaired) electrons. The van der Waals surface area contributed by atoms with Gasteiger partial charge in [-0.25, -0.2) is 0 Å². The molecule has 0 amide bonds. The summed E-state index contributed by atoms with van der Waals surface area (Å²) < 4.78 is 4.99. The molecule has 0 heterocycles. The number of nitriles is 1. The molecule has 0 fully saturated rings. The summed E-state index contributed by atoms with van der Waals surface area (Å²) in [7, 11) is 1.66. The van der Waals surface area contributed by atoms with Crippen LogP contribution in [0.15, 0.2) is 23.8 Å². The number of methoxy groups -OCH3 is 1. The molecule has 11 heavy (non-hydrogen) atoms. The van der Waals surface area contributed by atoms with Crippen molar-refractivity contribution in [1.29, 1.82) is 5.26 Å². The van der Waals surface area contributed by atoms with E-state index in [9.17, 15) is 0 Å². The summed E-state index contributed by atoms with van der Waals surface area (Å²) in [5, 5.41) is 8.68. The van der Waals surface area contributed by atoms with Crippen LogP contribution in [0.25, 0.3) is 0 Å². The lowest BCUT2D eigenvalue weighted by molar-refractivity contribution is 0.168. The quantitative estimate of drug-likeness (QED) is 0.598. The standard InChI is InChI=1S/C9H11NO/c1-11-7-9-5-3-2-4-8(9)6-10/h2-4,9H,5,7H2,1H3. The van der Waals surface area contributed by atoms with Crippen LogP contribution >= 0.6 is 0 Å². The molecular weight excluding hydrogens is 138 g/mol. The highest BCUT2D eigenvalue weighted by molar-refractivity contribution is 5.31. The normalized spacial score (nSPS) is 22.5. The van der Waals surface area contributed by atoms with E-state index in [1.165, 1.54) is 0 Å². The van der Waals surface area contributed by atoms with E-state index in [1.54, 1.807) is 7.11 Å². The molecule has 58 valence electrons. The number of allylic oxidation sites excluding steroid dienone is 3. The van der Waals surface area contributed by atoms with Crippen LogP contribution < -0.4 is 0 Å². The van der Waals surface area contributed by atoms with Gasteiger partial charge in [0.05, 0.1) is 12.7 Å². The summed E-state index contributed by atoms with van der Waals surface area (Å²) in [4.78, 5) is 0. The van der Waals surface area contributed by atoms with Gasteiger partial charge in [0, 0.05) is 18.6 Å². The molecule has 1 aliphatic carbocycles. The molecule has 0 N–H and O–H groups in total. The fourth-order valence-corrected chi connectivity index (χ4v) is 1.17. The van der Waals surface area contributed by atoms with E-state index >= 15 is 0 Å². The van der Waals surface area contributed by atoms with E-state index in [-0.39, 0.29) is 5.92 Å². The van der Waals surface area contributed by atoms with Crippen LogP contribution in [0, 0.1) is 17.2 Å². The molecular formula is C9H11NO. The molecule has 0 bridgehead atoms. The highest BCUT2D eigenvalue weighted by Gasteiger charge is 2.13. The number of hydrogen-bond acceptors (Lipinski definition) is 2. The first kappa shape index (κ1) is 8.03. The Balaban J connectivity index is 2.62. The molecule has 2 heteroatoms. The Labute approximate surface area is 66.8 Å². The van der Waals surface area contributed by atoms with Crippen LogP contribution in [0.2, 0.25) is 0 Å². The van der Waals surface area contributed by atoms with E-state index in [0.29, 0.717) is 6.61 Å². The lowest BCUT2D eigenvalue weighted by Crippen LogP contribution is -2.11. The van der Waals surface area contributed by atoms with E-state index in [0.717, 1.165) is 12.0 Å². The lowest BCUT2D eigenvalue weighted by Gasteiger charge is -2.14. The molecule has 0 aromatic heterocycles. The lowest BCUT2D eigenvalue weighted by atomic mass is 9.93. The highest BCUT2D eigenvalue weighted by Crippen LogP contribution is 2.19. The second-order valence-corrected chi connectivity index (χ2v) is 2.55. The van der Waals surface area contributed by atoms with Gasteiger partial charge >= 0.3 is 0 Å². The Kier molecular flexibility index (Phi) is 2.88. The zero-order valence-electron chi connectivity index (χ0n) is 6.58. The summed E-state index contributed by atoms with van der Waals surface area (Å²) in [6.07, 6.45) is 6.76. The third-order valence-corrected chi connectivity index (χ3v) is 1.77. The smallest absolute Gasteiger partial charge is 0.0951 e. The molecule has 0 spiro atoms. The van der Waals surface area contributed by atoms with Crippen LogP contribution in [0.5, 0.6) is 0 Å². The minimum Gasteiger partial charge on any atom is -0.384 e. The van der Waals surface area contributed by atoms with Crippen molar-refractivity contribution in [1.82, 2.24) is 0 Å². The number of hydrogen-bond donors (Lipinski definition) is 0. The molecule has 1 aliphatic rings. The predicted molar refractivity (Wildman–Crippen MR) is 42.8 cm³/mol. The van der Waals surface area contributed by atoms with E-state index in [2.05, 4.69) is 12.1 Å². The van der Waals surface area contributed by atoms with Gasteiger partial charge in [0.25, 0.3) is 0 Å². The maximum absolute atomic E-state index is 8.68. The Morgan fingerprint density at radius 3 is 3.27 bits per heavy atom. The molecule has 1 unspecified atom stereocenters. The maximum atomic E-state index is 8.68. The third-order valence-electron chi connectivity index (χ3n) is 1.77. The molecule has 1 atom stereocenters. The average Bonchev–Trinajstić information content (AvgIpc) is 2.06. The van der Waals surface area contributed by atoms with Gasteiger partial charge in [-0.2, -0.15) is 5.26 Å². The predicted octanol–water partition coefficient (Wildman–Crippen LogP) is 1.66. The van der Waals surface area contributed by atoms with Gasteiger partial charge in [-0.05, 0) is 12.5 Å². The highest BCUT2D eigenvalue weighted by atomic mass is 16.5. The van der Waals surface area contributed by atoms with Gasteiger partial charge in [-0.15, -0.1) is 0 Å². The molecule has 2 nitrogen and oxygen atoms in total. The number of nitrogens with zero attached hydrogens (tertiary/aromatic N) is 1. The Morgan fingerprint density at radius 2 is 2.64 bits per heavy atom. The topological polar surface area (TPSA) is 33.0 Å². The SMILES string of the molecule is COCC1CC=CC=C1C#N. The monoisotopic (exact) mass is 149 g/mol. The van der Waals surface area contributed by atoms with Crippen molar-refractivity contribution in [3.8, 4) is 6.07 Å². The molecule has 1 rings (SSSR count). The average molecular weight is 149 g/mol. The van der Waals surface area contributed by atoms with Gasteiger partial charge in [0.15, 0.2) is 0 Å². The van der Waals surface area contributed by atoms with Crippen LogP contribution in [0.3, 0.4) is 0 Å². The molecule has 0 saturated heterocycles. The van der Waals surface area contributed by atoms with Crippen molar-refractivity contribution in [2.45, 2.75) is 6.42 Å². The van der Waals surface area contributed by atoms with Crippen LogP contribution in [0.4, 0.5) is 0 Å². The number of rotatable bonds is 2. The van der Waals surface area contributed by atoms with Gasteiger partial charge < -0.3 is 4.74 Å². The largest absolute Gasteiger partial charge is 0.384 e. The van der Waals surface area contributed by atoms with Crippen LogP contribution in [-0.4, -0.2) is 13.7 Å². The first-order valence-corrected chi connectivity index (χ1v) is 3.64. The summed E-state index contributed by atoms with van der Waals surface area (Å²) in [5.74, 6) is 0.273. The van der Waals surface area contributed by atoms with Crippen molar-refractivity contribution in [3.05, 3.63) is 23.8 Å². The van der Waals surface area contributed by atoms with Crippen LogP contribution in [-0.2, 0) is 4.74 Å². The zero-order chi connectivity index (χ0) is 8.10. The van der Waals surface area contributed by atoms with Gasteiger partial charge in [-0.3, -0.25) is 0 Å². The fourth-order valence-electron chi connectivity index (χ4n) is 1.17. The van der Waals surface area contributed by atoms with Crippen molar-refractivity contribution < 1.29 is 4.74 Å². The molecule has 0 aromatic carbocycles. The molecule has 0 saturated carbocycles. The van der Waals surface area contributed by atoms with Gasteiger partial charge in [0.2, 0.25) is 0 Å². The van der Waals surface area contributed by atoms with Crippen molar-refractivity contribution in [2.24, 2.45) is 5.92 Å². The number of ether oxygens (including phenoxy) is 1. The minimum absolute atomic E-state index is 0.273. The van der Waals surface area contributed by atoms with Crippen LogP contribution in [0.1, 0.15) is 6.42 Å². The Hall–Kier alpha value is -1.07. The van der Waals surface area contributed by atoms with Gasteiger partial charge in [-0.1, -0.05) is 12.2 Å². The van der Waals surface area contributed by atoms with E-state index in [4.69, 9.17) is 10.00 Å². The summed E-state index contributed by atoms with van der Waals surface area (Å²) in [6, 6.07) is 2.17. The first-order valence-electron chi connectivity index (χ1n) is 3.64. The second kappa shape index (κ2) is 3.95. The summed E-state index contributed by atoms with van der Waals surface area (Å²) in [5.41, 5.74) is 0.828.